The quantitative estimate of drug-likeness (QED) is 0.356. The largest absolute Gasteiger partial charge is 0.433 e. The first kappa shape index (κ1) is 23.1. The van der Waals surface area contributed by atoms with Crippen molar-refractivity contribution >= 4 is 46.3 Å². The van der Waals surface area contributed by atoms with Crippen LogP contribution in [-0.2, 0) is 9.53 Å². The van der Waals surface area contributed by atoms with Crippen LogP contribution in [-0.4, -0.2) is 11.8 Å². The standard InChI is InChI=1S/C29H24Cl2N2O3/c1-29(2)14-22-25(24(34)15-29)26(16-11-12-19(30)20(31)13-16)33(23-10-6-5-9-21(23)32-22)27-17-7-3-4-8-18(17)28(35)36-27/h3-13,26-27,32H,14-15H2,1-2H3. The van der Waals surface area contributed by atoms with Crippen molar-refractivity contribution < 1.29 is 14.3 Å². The minimum absolute atomic E-state index is 0.0558. The molecule has 182 valence electrons. The summed E-state index contributed by atoms with van der Waals surface area (Å²) in [7, 11) is 0. The highest BCUT2D eigenvalue weighted by Crippen LogP contribution is 2.52. The van der Waals surface area contributed by atoms with E-state index in [4.69, 9.17) is 27.9 Å². The number of esters is 1. The van der Waals surface area contributed by atoms with E-state index in [1.807, 2.05) is 53.4 Å². The summed E-state index contributed by atoms with van der Waals surface area (Å²) in [6.07, 6.45) is 0.386. The number of hydrogen-bond acceptors (Lipinski definition) is 5. The second-order valence-corrected chi connectivity index (χ2v) is 11.1. The Morgan fingerprint density at radius 2 is 1.69 bits per heavy atom. The molecule has 5 nitrogen and oxygen atoms in total. The minimum atomic E-state index is -0.731. The predicted molar refractivity (Wildman–Crippen MR) is 141 cm³/mol. The van der Waals surface area contributed by atoms with Crippen molar-refractivity contribution in [1.82, 2.24) is 0 Å². The van der Waals surface area contributed by atoms with Crippen LogP contribution < -0.4 is 10.2 Å². The SMILES string of the molecule is CC1(C)CC(=O)C2=C(C1)Nc1ccccc1N(C1OC(=O)c3ccccc31)C2c1ccc(Cl)c(Cl)c1. The number of rotatable bonds is 2. The van der Waals surface area contributed by atoms with Gasteiger partial charge in [-0.25, -0.2) is 4.79 Å². The minimum Gasteiger partial charge on any atom is -0.433 e. The zero-order valence-electron chi connectivity index (χ0n) is 19.8. The molecule has 1 N–H and O–H groups in total. The number of anilines is 2. The summed E-state index contributed by atoms with van der Waals surface area (Å²) in [6, 6.07) is 20.1. The first-order valence-corrected chi connectivity index (χ1v) is 12.6. The van der Waals surface area contributed by atoms with Gasteiger partial charge in [-0.2, -0.15) is 0 Å². The zero-order chi connectivity index (χ0) is 25.2. The number of nitrogens with one attached hydrogen (secondary N) is 1. The Hall–Kier alpha value is -3.28. The number of para-hydroxylation sites is 2. The van der Waals surface area contributed by atoms with Crippen LogP contribution in [0.15, 0.2) is 78.0 Å². The van der Waals surface area contributed by atoms with E-state index in [9.17, 15) is 9.59 Å². The van der Waals surface area contributed by atoms with E-state index in [1.54, 1.807) is 18.2 Å². The molecule has 0 aromatic heterocycles. The molecule has 2 atom stereocenters. The van der Waals surface area contributed by atoms with Gasteiger partial charge in [0.15, 0.2) is 5.78 Å². The predicted octanol–water partition coefficient (Wildman–Crippen LogP) is 7.48. The second-order valence-electron chi connectivity index (χ2n) is 10.3. The van der Waals surface area contributed by atoms with Gasteiger partial charge in [0, 0.05) is 23.3 Å². The molecule has 0 spiro atoms. The third-order valence-corrected chi connectivity index (χ3v) is 7.86. The molecule has 0 saturated heterocycles. The summed E-state index contributed by atoms with van der Waals surface area (Å²) in [4.78, 5) is 28.8. The molecule has 2 aliphatic heterocycles. The lowest BCUT2D eigenvalue weighted by Gasteiger charge is -2.40. The Kier molecular flexibility index (Phi) is 5.39. The number of fused-ring (bicyclic) bond motifs is 2. The number of ketones is 1. The normalized spacial score (nSPS) is 22.3. The molecule has 0 bridgehead atoms. The Labute approximate surface area is 219 Å². The summed E-state index contributed by atoms with van der Waals surface area (Å²) < 4.78 is 6.01. The number of cyclic esters (lactones) is 1. The van der Waals surface area contributed by atoms with Crippen LogP contribution in [0, 0.1) is 5.41 Å². The molecule has 1 aliphatic carbocycles. The van der Waals surface area contributed by atoms with Crippen molar-refractivity contribution in [3.05, 3.63) is 105 Å². The molecule has 0 fully saturated rings. The highest BCUT2D eigenvalue weighted by atomic mass is 35.5. The molecular weight excluding hydrogens is 495 g/mol. The summed E-state index contributed by atoms with van der Waals surface area (Å²) in [5.41, 5.74) is 5.09. The topological polar surface area (TPSA) is 58.6 Å². The third-order valence-electron chi connectivity index (χ3n) is 7.12. The maximum absolute atomic E-state index is 13.9. The van der Waals surface area contributed by atoms with Gasteiger partial charge < -0.3 is 15.0 Å². The van der Waals surface area contributed by atoms with E-state index in [-0.39, 0.29) is 17.2 Å². The first-order chi connectivity index (χ1) is 17.2. The monoisotopic (exact) mass is 518 g/mol. The number of carbonyl (C=O) groups excluding carboxylic acids is 2. The second kappa shape index (κ2) is 8.39. The third kappa shape index (κ3) is 3.69. The fourth-order valence-corrected chi connectivity index (χ4v) is 5.92. The van der Waals surface area contributed by atoms with Crippen LogP contribution in [0.2, 0.25) is 10.0 Å². The van der Waals surface area contributed by atoms with Crippen LogP contribution in [0.25, 0.3) is 0 Å². The van der Waals surface area contributed by atoms with E-state index in [2.05, 4.69) is 19.2 Å². The smallest absolute Gasteiger partial charge is 0.340 e. The fourth-order valence-electron chi connectivity index (χ4n) is 5.61. The number of allylic oxidation sites excluding steroid dienone is 1. The molecular formula is C29H24Cl2N2O3. The molecule has 36 heavy (non-hydrogen) atoms. The van der Waals surface area contributed by atoms with Gasteiger partial charge in [0.05, 0.1) is 33.0 Å². The highest BCUT2D eigenvalue weighted by molar-refractivity contribution is 6.42. The number of nitrogens with zero attached hydrogens (tertiary/aromatic N) is 1. The Balaban J connectivity index is 1.65. The zero-order valence-corrected chi connectivity index (χ0v) is 21.4. The van der Waals surface area contributed by atoms with E-state index < -0.39 is 12.3 Å². The van der Waals surface area contributed by atoms with Crippen LogP contribution in [0.3, 0.4) is 0 Å². The van der Waals surface area contributed by atoms with Gasteiger partial charge in [-0.15, -0.1) is 0 Å². The fraction of sp³-hybridized carbons (Fsp3) is 0.241. The summed E-state index contributed by atoms with van der Waals surface area (Å²) in [5.74, 6) is -0.330. The molecule has 0 amide bonds. The lowest BCUT2D eigenvalue weighted by atomic mass is 9.73. The number of Topliss-reactive ketones (excluding diaryl/α,β-unsaturated/α-hetero) is 1. The maximum Gasteiger partial charge on any atom is 0.340 e. The molecule has 0 radical (unpaired) electrons. The average molecular weight is 519 g/mol. The van der Waals surface area contributed by atoms with E-state index in [0.29, 0.717) is 34.0 Å². The summed E-state index contributed by atoms with van der Waals surface area (Å²) in [6.45, 7) is 4.21. The number of halogens is 2. The van der Waals surface area contributed by atoms with Gasteiger partial charge in [-0.3, -0.25) is 4.79 Å². The van der Waals surface area contributed by atoms with E-state index in [0.717, 1.165) is 28.2 Å². The van der Waals surface area contributed by atoms with Crippen molar-refractivity contribution in [1.29, 1.82) is 0 Å². The number of hydrogen-bond donors (Lipinski definition) is 1. The average Bonchev–Trinajstić information content (AvgIpc) is 3.08. The number of ether oxygens (including phenoxy) is 1. The Morgan fingerprint density at radius 3 is 2.50 bits per heavy atom. The summed E-state index contributed by atoms with van der Waals surface area (Å²) >= 11 is 12.8. The van der Waals surface area contributed by atoms with E-state index in [1.165, 1.54) is 0 Å². The van der Waals surface area contributed by atoms with Crippen molar-refractivity contribution in [2.24, 2.45) is 5.41 Å². The molecule has 7 heteroatoms. The molecule has 3 aromatic carbocycles. The molecule has 2 heterocycles. The molecule has 3 aromatic rings. The van der Waals surface area contributed by atoms with E-state index >= 15 is 0 Å². The van der Waals surface area contributed by atoms with Crippen molar-refractivity contribution in [2.75, 3.05) is 10.2 Å². The lowest BCUT2D eigenvalue weighted by Crippen LogP contribution is -2.38. The van der Waals surface area contributed by atoms with Crippen molar-refractivity contribution in [3.63, 3.8) is 0 Å². The molecule has 6 rings (SSSR count). The highest BCUT2D eigenvalue weighted by Gasteiger charge is 2.46. The molecule has 0 saturated carbocycles. The van der Waals surface area contributed by atoms with Gasteiger partial charge in [0.2, 0.25) is 6.23 Å². The van der Waals surface area contributed by atoms with Crippen LogP contribution >= 0.6 is 23.2 Å². The van der Waals surface area contributed by atoms with Gasteiger partial charge in [0.25, 0.3) is 0 Å². The van der Waals surface area contributed by atoms with Crippen molar-refractivity contribution in [2.45, 2.75) is 39.0 Å². The van der Waals surface area contributed by atoms with Crippen LogP contribution in [0.4, 0.5) is 11.4 Å². The van der Waals surface area contributed by atoms with Gasteiger partial charge in [-0.1, -0.05) is 73.4 Å². The van der Waals surface area contributed by atoms with Crippen LogP contribution in [0.1, 0.15) is 60.4 Å². The van der Waals surface area contributed by atoms with Gasteiger partial charge in [-0.05, 0) is 47.7 Å². The molecule has 2 unspecified atom stereocenters. The molecule has 3 aliphatic rings. The first-order valence-electron chi connectivity index (χ1n) is 11.9. The Bertz CT molecular complexity index is 1460. The lowest BCUT2D eigenvalue weighted by molar-refractivity contribution is -0.118. The number of benzene rings is 3. The summed E-state index contributed by atoms with van der Waals surface area (Å²) in [5, 5.41) is 4.41. The van der Waals surface area contributed by atoms with Gasteiger partial charge >= 0.3 is 5.97 Å². The Morgan fingerprint density at radius 1 is 0.944 bits per heavy atom. The maximum atomic E-state index is 13.9. The number of carbonyl (C=O) groups is 2. The van der Waals surface area contributed by atoms with Crippen molar-refractivity contribution in [3.8, 4) is 0 Å². The van der Waals surface area contributed by atoms with Crippen LogP contribution in [0.5, 0.6) is 0 Å². The van der Waals surface area contributed by atoms with Gasteiger partial charge in [0.1, 0.15) is 0 Å².